The van der Waals surface area contributed by atoms with E-state index in [1.54, 1.807) is 26.5 Å². The maximum atomic E-state index is 11.6. The Morgan fingerprint density at radius 1 is 1.16 bits per heavy atom. The standard InChI is InChI=1S/C20H24N2O3/c1-24-17-11-15-5-9-22(13-14-4-8-21-19(23)10-14)20(6-3-7-20)16(15)12-18(17)25-2/h4,8,10-12H,3,5-7,9,13H2,1-2H3,(H,21,23). The molecule has 1 saturated carbocycles. The molecule has 2 aromatic rings. The molecule has 1 aliphatic heterocycles. The second kappa shape index (κ2) is 6.23. The van der Waals surface area contributed by atoms with Crippen LogP contribution in [0.2, 0.25) is 0 Å². The van der Waals surface area contributed by atoms with Crippen molar-refractivity contribution in [2.24, 2.45) is 0 Å². The number of H-pyrrole nitrogens is 1. The van der Waals surface area contributed by atoms with Crippen molar-refractivity contribution in [2.75, 3.05) is 20.8 Å². The summed E-state index contributed by atoms with van der Waals surface area (Å²) in [6.07, 6.45) is 6.26. The number of ether oxygens (including phenoxy) is 2. The fourth-order valence-corrected chi connectivity index (χ4v) is 4.34. The van der Waals surface area contributed by atoms with Crippen molar-refractivity contribution in [3.63, 3.8) is 0 Å². The number of hydrogen-bond donors (Lipinski definition) is 1. The molecule has 25 heavy (non-hydrogen) atoms. The van der Waals surface area contributed by atoms with Crippen LogP contribution in [-0.4, -0.2) is 30.6 Å². The maximum absolute atomic E-state index is 11.6. The Balaban J connectivity index is 1.72. The number of aromatic amines is 1. The second-order valence-corrected chi connectivity index (χ2v) is 6.98. The van der Waals surface area contributed by atoms with Gasteiger partial charge in [0.15, 0.2) is 11.5 Å². The summed E-state index contributed by atoms with van der Waals surface area (Å²) in [6, 6.07) is 8.00. The van der Waals surface area contributed by atoms with Crippen LogP contribution in [0.25, 0.3) is 0 Å². The summed E-state index contributed by atoms with van der Waals surface area (Å²) >= 11 is 0. The first kappa shape index (κ1) is 16.2. The number of fused-ring (bicyclic) bond motifs is 2. The molecule has 4 rings (SSSR count). The van der Waals surface area contributed by atoms with Crippen LogP contribution in [0.3, 0.4) is 0 Å². The highest BCUT2D eigenvalue weighted by Crippen LogP contribution is 2.52. The first-order valence-electron chi connectivity index (χ1n) is 8.84. The zero-order valence-electron chi connectivity index (χ0n) is 14.8. The molecule has 0 bridgehead atoms. The molecule has 5 nitrogen and oxygen atoms in total. The van der Waals surface area contributed by atoms with Gasteiger partial charge in [-0.3, -0.25) is 9.69 Å². The number of nitrogens with zero attached hydrogens (tertiary/aromatic N) is 1. The van der Waals surface area contributed by atoms with Gasteiger partial charge in [0.25, 0.3) is 0 Å². The van der Waals surface area contributed by atoms with Crippen LogP contribution in [0.15, 0.2) is 35.3 Å². The fraction of sp³-hybridized carbons (Fsp3) is 0.450. The topological polar surface area (TPSA) is 54.6 Å². The smallest absolute Gasteiger partial charge is 0.248 e. The van der Waals surface area contributed by atoms with Gasteiger partial charge in [0.1, 0.15) is 0 Å². The van der Waals surface area contributed by atoms with Gasteiger partial charge in [-0.2, -0.15) is 0 Å². The number of methoxy groups -OCH3 is 2. The molecule has 132 valence electrons. The molecule has 0 amide bonds. The van der Waals surface area contributed by atoms with Gasteiger partial charge in [-0.25, -0.2) is 0 Å². The zero-order valence-corrected chi connectivity index (χ0v) is 14.8. The van der Waals surface area contributed by atoms with Crippen LogP contribution in [0.4, 0.5) is 0 Å². The predicted molar refractivity (Wildman–Crippen MR) is 96.3 cm³/mol. The predicted octanol–water partition coefficient (Wildman–Crippen LogP) is 2.83. The molecule has 0 atom stereocenters. The summed E-state index contributed by atoms with van der Waals surface area (Å²) in [7, 11) is 3.37. The molecule has 0 unspecified atom stereocenters. The Morgan fingerprint density at radius 3 is 2.56 bits per heavy atom. The Hall–Kier alpha value is -2.27. The average Bonchev–Trinajstić information content (AvgIpc) is 2.59. The molecule has 0 radical (unpaired) electrons. The molecule has 0 saturated heterocycles. The van der Waals surface area contributed by atoms with Gasteiger partial charge < -0.3 is 14.5 Å². The summed E-state index contributed by atoms with van der Waals surface area (Å²) < 4.78 is 11.0. The lowest BCUT2D eigenvalue weighted by Gasteiger charge is -2.54. The van der Waals surface area contributed by atoms with E-state index in [-0.39, 0.29) is 11.1 Å². The first-order valence-corrected chi connectivity index (χ1v) is 8.84. The van der Waals surface area contributed by atoms with Crippen LogP contribution in [0.5, 0.6) is 11.5 Å². The SMILES string of the molecule is COc1cc2c(cc1OC)C1(CCC1)N(Cc1cc[nH]c(=O)c1)CC2. The van der Waals surface area contributed by atoms with E-state index in [0.717, 1.165) is 49.4 Å². The summed E-state index contributed by atoms with van der Waals surface area (Å²) in [6.45, 7) is 1.80. The highest BCUT2D eigenvalue weighted by molar-refractivity contribution is 5.51. The third-order valence-corrected chi connectivity index (χ3v) is 5.76. The van der Waals surface area contributed by atoms with Gasteiger partial charge in [0, 0.05) is 30.9 Å². The molecule has 1 N–H and O–H groups in total. The molecule has 2 heterocycles. The van der Waals surface area contributed by atoms with E-state index in [1.165, 1.54) is 17.5 Å². The summed E-state index contributed by atoms with van der Waals surface area (Å²) in [4.78, 5) is 16.9. The highest BCUT2D eigenvalue weighted by Gasteiger charge is 2.47. The number of hydrogen-bond acceptors (Lipinski definition) is 4. The molecule has 1 aromatic heterocycles. The summed E-state index contributed by atoms with van der Waals surface area (Å²) in [5, 5.41) is 0. The van der Waals surface area contributed by atoms with Crippen molar-refractivity contribution in [1.29, 1.82) is 0 Å². The third kappa shape index (κ3) is 2.63. The van der Waals surface area contributed by atoms with E-state index in [1.807, 2.05) is 6.07 Å². The molecule has 1 aliphatic carbocycles. The van der Waals surface area contributed by atoms with Crippen LogP contribution in [-0.2, 0) is 18.5 Å². The van der Waals surface area contributed by atoms with Crippen molar-refractivity contribution in [3.05, 3.63) is 57.5 Å². The van der Waals surface area contributed by atoms with Gasteiger partial charge in [-0.05, 0) is 60.6 Å². The molecule has 5 heteroatoms. The van der Waals surface area contributed by atoms with E-state index in [4.69, 9.17) is 9.47 Å². The lowest BCUT2D eigenvalue weighted by Crippen LogP contribution is -2.54. The number of nitrogens with one attached hydrogen (secondary N) is 1. The largest absolute Gasteiger partial charge is 0.493 e. The van der Waals surface area contributed by atoms with Gasteiger partial charge in [0.2, 0.25) is 5.56 Å². The average molecular weight is 340 g/mol. The summed E-state index contributed by atoms with van der Waals surface area (Å²) in [5.74, 6) is 1.60. The van der Waals surface area contributed by atoms with Crippen LogP contribution in [0, 0.1) is 0 Å². The number of benzene rings is 1. The van der Waals surface area contributed by atoms with Crippen LogP contribution in [0.1, 0.15) is 36.0 Å². The minimum Gasteiger partial charge on any atom is -0.493 e. The Bertz CT molecular complexity index is 839. The number of rotatable bonds is 4. The highest BCUT2D eigenvalue weighted by atomic mass is 16.5. The minimum atomic E-state index is -0.0380. The van der Waals surface area contributed by atoms with E-state index in [9.17, 15) is 4.79 Å². The lowest BCUT2D eigenvalue weighted by molar-refractivity contribution is -0.00491. The monoisotopic (exact) mass is 340 g/mol. The molecule has 1 spiro atoms. The Labute approximate surface area is 147 Å². The number of pyridine rings is 1. The molecule has 2 aliphatic rings. The quantitative estimate of drug-likeness (QED) is 0.930. The van der Waals surface area contributed by atoms with Crippen molar-refractivity contribution >= 4 is 0 Å². The van der Waals surface area contributed by atoms with E-state index in [2.05, 4.69) is 22.0 Å². The van der Waals surface area contributed by atoms with E-state index >= 15 is 0 Å². The van der Waals surface area contributed by atoms with Crippen molar-refractivity contribution in [3.8, 4) is 11.5 Å². The maximum Gasteiger partial charge on any atom is 0.248 e. The van der Waals surface area contributed by atoms with Crippen LogP contribution >= 0.6 is 0 Å². The van der Waals surface area contributed by atoms with Crippen molar-refractivity contribution < 1.29 is 9.47 Å². The van der Waals surface area contributed by atoms with E-state index < -0.39 is 0 Å². The Kier molecular flexibility index (Phi) is 4.04. The van der Waals surface area contributed by atoms with Gasteiger partial charge in [0.05, 0.1) is 14.2 Å². The van der Waals surface area contributed by atoms with Crippen LogP contribution < -0.4 is 15.0 Å². The van der Waals surface area contributed by atoms with Crippen molar-refractivity contribution in [2.45, 2.75) is 37.8 Å². The van der Waals surface area contributed by atoms with Gasteiger partial charge >= 0.3 is 0 Å². The normalized spacial score (nSPS) is 18.5. The van der Waals surface area contributed by atoms with Crippen molar-refractivity contribution in [1.82, 2.24) is 9.88 Å². The minimum absolute atomic E-state index is 0.0380. The molecular formula is C20H24N2O3. The van der Waals surface area contributed by atoms with E-state index in [0.29, 0.717) is 0 Å². The lowest BCUT2D eigenvalue weighted by atomic mass is 9.66. The van der Waals surface area contributed by atoms with Gasteiger partial charge in [-0.15, -0.1) is 0 Å². The Morgan fingerprint density at radius 2 is 1.92 bits per heavy atom. The first-order chi connectivity index (χ1) is 12.2. The molecular weight excluding hydrogens is 316 g/mol. The van der Waals surface area contributed by atoms with Gasteiger partial charge in [-0.1, -0.05) is 0 Å². The fourth-order valence-electron chi connectivity index (χ4n) is 4.34. The summed E-state index contributed by atoms with van der Waals surface area (Å²) in [5.41, 5.74) is 3.82. The third-order valence-electron chi connectivity index (χ3n) is 5.76. The molecule has 1 aromatic carbocycles. The second-order valence-electron chi connectivity index (χ2n) is 6.98. The molecule has 1 fully saturated rings. The number of aromatic nitrogens is 1. The zero-order chi connectivity index (χ0) is 17.4.